The average molecular weight is 419 g/mol. The Hall–Kier alpha value is -1.84. The Bertz CT molecular complexity index is 890. The van der Waals surface area contributed by atoms with Crippen molar-refractivity contribution < 1.29 is 17.6 Å². The van der Waals surface area contributed by atoms with Gasteiger partial charge < -0.3 is 0 Å². The van der Waals surface area contributed by atoms with Gasteiger partial charge in [0.1, 0.15) is 5.83 Å². The maximum Gasteiger partial charge on any atom is 0.177 e. The Labute approximate surface area is 176 Å². The lowest BCUT2D eigenvalue weighted by molar-refractivity contribution is 0.339. The second-order valence-electron chi connectivity index (χ2n) is 9.49. The molecule has 2 saturated carbocycles. The number of alkyl halides is 1. The van der Waals surface area contributed by atoms with Crippen molar-refractivity contribution in [3.8, 4) is 0 Å². The monoisotopic (exact) mass is 418 g/mol. The molecule has 0 radical (unpaired) electrons. The second kappa shape index (κ2) is 8.72. The van der Waals surface area contributed by atoms with Crippen molar-refractivity contribution in [3.63, 3.8) is 0 Å². The largest absolute Gasteiger partial charge is 0.234 e. The molecule has 0 bridgehead atoms. The fraction of sp³-hybridized carbons (Fsp3) is 0.538. The van der Waals surface area contributed by atoms with Gasteiger partial charge in [-0.1, -0.05) is 56.5 Å². The van der Waals surface area contributed by atoms with E-state index < -0.39 is 23.6 Å². The Kier molecular flexibility index (Phi) is 6.22. The molecular weight excluding hydrogens is 388 g/mol. The van der Waals surface area contributed by atoms with E-state index >= 15 is 0 Å². The molecule has 2 fully saturated rings. The third-order valence-electron chi connectivity index (χ3n) is 7.33. The minimum atomic E-state index is -1.91. The number of hydrogen-bond acceptors (Lipinski definition) is 0. The first kappa shape index (κ1) is 21.4. The van der Waals surface area contributed by atoms with Crippen molar-refractivity contribution in [2.75, 3.05) is 0 Å². The van der Waals surface area contributed by atoms with E-state index in [0.717, 1.165) is 56.9 Å². The Morgan fingerprint density at radius 2 is 1.40 bits per heavy atom. The summed E-state index contributed by atoms with van der Waals surface area (Å²) in [7, 11) is 0. The summed E-state index contributed by atoms with van der Waals surface area (Å²) in [6.07, 6.45) is 8.18. The normalized spacial score (nSPS) is 30.2. The highest BCUT2D eigenvalue weighted by Gasteiger charge is 2.31. The predicted octanol–water partition coefficient (Wildman–Crippen LogP) is 8.35. The molecule has 0 spiro atoms. The van der Waals surface area contributed by atoms with Gasteiger partial charge in [-0.2, -0.15) is 0 Å². The van der Waals surface area contributed by atoms with Crippen LogP contribution in [0.3, 0.4) is 0 Å². The summed E-state index contributed by atoms with van der Waals surface area (Å²) in [5, 5.41) is 0. The van der Waals surface area contributed by atoms with Crippen LogP contribution in [-0.2, 0) is 0 Å². The molecule has 1 atom stereocenters. The zero-order chi connectivity index (χ0) is 21.4. The Balaban J connectivity index is 1.62. The number of benzene rings is 1. The van der Waals surface area contributed by atoms with Crippen LogP contribution in [0.15, 0.2) is 41.3 Å². The molecule has 0 heterocycles. The third-order valence-corrected chi connectivity index (χ3v) is 7.33. The molecule has 162 valence electrons. The summed E-state index contributed by atoms with van der Waals surface area (Å²) in [6.45, 7) is 4.34. The van der Waals surface area contributed by atoms with Crippen molar-refractivity contribution in [2.45, 2.75) is 77.3 Å². The van der Waals surface area contributed by atoms with Crippen LogP contribution in [0.1, 0.15) is 82.3 Å². The molecule has 0 N–H and O–H groups in total. The fourth-order valence-electron chi connectivity index (χ4n) is 5.18. The minimum Gasteiger partial charge on any atom is -0.234 e. The van der Waals surface area contributed by atoms with Crippen LogP contribution in [0.4, 0.5) is 17.6 Å². The summed E-state index contributed by atoms with van der Waals surface area (Å²) >= 11 is 0. The van der Waals surface area contributed by atoms with Crippen LogP contribution in [0, 0.1) is 23.5 Å². The predicted molar refractivity (Wildman–Crippen MR) is 113 cm³/mol. The molecule has 0 nitrogen and oxygen atoms in total. The van der Waals surface area contributed by atoms with Gasteiger partial charge in [-0.05, 0) is 67.4 Å². The van der Waals surface area contributed by atoms with Crippen LogP contribution >= 0.6 is 0 Å². The van der Waals surface area contributed by atoms with Crippen LogP contribution in [0.25, 0.3) is 5.57 Å². The summed E-state index contributed by atoms with van der Waals surface area (Å²) < 4.78 is 59.7. The van der Waals surface area contributed by atoms with E-state index in [1.807, 2.05) is 0 Å². The number of hydrogen-bond donors (Lipinski definition) is 0. The van der Waals surface area contributed by atoms with E-state index in [-0.39, 0.29) is 17.1 Å². The maximum absolute atomic E-state index is 14.9. The number of rotatable bonds is 2. The second-order valence-corrected chi connectivity index (χ2v) is 9.49. The highest BCUT2D eigenvalue weighted by atomic mass is 19.2. The molecule has 0 saturated heterocycles. The summed E-state index contributed by atoms with van der Waals surface area (Å²) in [4.78, 5) is 0. The van der Waals surface area contributed by atoms with Gasteiger partial charge in [0, 0.05) is 11.1 Å². The number of allylic oxidation sites excluding steroid dienone is 6. The quantitative estimate of drug-likeness (QED) is 0.423. The molecule has 0 aliphatic heterocycles. The minimum absolute atomic E-state index is 0.00979. The van der Waals surface area contributed by atoms with Gasteiger partial charge in [0.25, 0.3) is 0 Å². The molecular formula is C26H30F4. The van der Waals surface area contributed by atoms with E-state index in [2.05, 4.69) is 13.8 Å². The first-order chi connectivity index (χ1) is 14.4. The number of halogens is 4. The van der Waals surface area contributed by atoms with Crippen molar-refractivity contribution >= 4 is 5.57 Å². The molecule has 1 aromatic carbocycles. The van der Waals surface area contributed by atoms with Crippen molar-refractivity contribution in [2.24, 2.45) is 11.8 Å². The highest BCUT2D eigenvalue weighted by Crippen LogP contribution is 2.42. The molecule has 0 aromatic heterocycles. The van der Waals surface area contributed by atoms with Gasteiger partial charge in [-0.15, -0.1) is 0 Å². The van der Waals surface area contributed by atoms with E-state index in [1.54, 1.807) is 12.1 Å². The third kappa shape index (κ3) is 4.02. The SMILES string of the molecule is CC1CCC(=C2C=CC(c3ccc(C4CCC(C)CC4)c(F)c3F)=C(F)C2F)CC1. The maximum atomic E-state index is 14.9. The zero-order valence-electron chi connectivity index (χ0n) is 17.8. The van der Waals surface area contributed by atoms with Crippen LogP contribution in [-0.4, -0.2) is 6.17 Å². The van der Waals surface area contributed by atoms with Crippen LogP contribution < -0.4 is 0 Å². The van der Waals surface area contributed by atoms with Gasteiger partial charge in [-0.25, -0.2) is 17.6 Å². The van der Waals surface area contributed by atoms with Crippen LogP contribution in [0.2, 0.25) is 0 Å². The van der Waals surface area contributed by atoms with Gasteiger partial charge in [0.05, 0.1) is 0 Å². The van der Waals surface area contributed by atoms with Crippen LogP contribution in [0.5, 0.6) is 0 Å². The van der Waals surface area contributed by atoms with Gasteiger partial charge in [0.2, 0.25) is 0 Å². The zero-order valence-corrected chi connectivity index (χ0v) is 17.8. The van der Waals surface area contributed by atoms with Crippen molar-refractivity contribution in [1.29, 1.82) is 0 Å². The van der Waals surface area contributed by atoms with E-state index in [9.17, 15) is 17.6 Å². The molecule has 4 rings (SSSR count). The topological polar surface area (TPSA) is 0 Å². The molecule has 0 amide bonds. The lowest BCUT2D eigenvalue weighted by atomic mass is 9.78. The van der Waals surface area contributed by atoms with Gasteiger partial charge >= 0.3 is 0 Å². The molecule has 3 aliphatic carbocycles. The highest BCUT2D eigenvalue weighted by molar-refractivity contribution is 5.80. The standard InChI is InChI=1S/C26H30F4/c1-15-3-7-17(8-4-15)19-11-13-21(25(29)23(19)27)22-14-12-20(24(28)26(22)30)18-9-5-16(2)6-10-18/h11-17,24H,3-10H2,1-2H3. The lowest BCUT2D eigenvalue weighted by Crippen LogP contribution is -2.16. The summed E-state index contributed by atoms with van der Waals surface area (Å²) in [5.74, 6) is -1.81. The first-order valence-electron chi connectivity index (χ1n) is 11.3. The van der Waals surface area contributed by atoms with E-state index in [1.165, 1.54) is 12.1 Å². The molecule has 3 aliphatic rings. The lowest BCUT2D eigenvalue weighted by Gasteiger charge is -2.27. The smallest absolute Gasteiger partial charge is 0.177 e. The van der Waals surface area contributed by atoms with Crippen molar-refractivity contribution in [3.05, 3.63) is 64.0 Å². The average Bonchev–Trinajstić information content (AvgIpc) is 2.74. The Morgan fingerprint density at radius 3 is 2.07 bits per heavy atom. The van der Waals surface area contributed by atoms with E-state index in [4.69, 9.17) is 0 Å². The van der Waals surface area contributed by atoms with Crippen molar-refractivity contribution in [1.82, 2.24) is 0 Å². The Morgan fingerprint density at radius 1 is 0.767 bits per heavy atom. The first-order valence-corrected chi connectivity index (χ1v) is 11.3. The molecule has 1 unspecified atom stereocenters. The van der Waals surface area contributed by atoms with Gasteiger partial charge in [-0.3, -0.25) is 0 Å². The summed E-state index contributed by atoms with van der Waals surface area (Å²) in [6, 6.07) is 2.98. The molecule has 1 aromatic rings. The fourth-order valence-corrected chi connectivity index (χ4v) is 5.18. The molecule has 4 heteroatoms. The summed E-state index contributed by atoms with van der Waals surface area (Å²) in [5.41, 5.74) is 1.28. The van der Waals surface area contributed by atoms with E-state index in [0.29, 0.717) is 23.0 Å². The molecule has 30 heavy (non-hydrogen) atoms. The van der Waals surface area contributed by atoms with Gasteiger partial charge in [0.15, 0.2) is 17.8 Å².